The first kappa shape index (κ1) is 24.8. The highest BCUT2D eigenvalue weighted by Gasteiger charge is 2.15. The van der Waals surface area contributed by atoms with Crippen LogP contribution < -0.4 is 0 Å². The summed E-state index contributed by atoms with van der Waals surface area (Å²) >= 11 is 0. The number of unbranched alkanes of at least 4 members (excludes halogenated alkanes) is 10. The Morgan fingerprint density at radius 1 is 0.714 bits per heavy atom. The lowest BCUT2D eigenvalue weighted by Gasteiger charge is -2.19. The second-order valence-electron chi connectivity index (χ2n) is 7.70. The number of ether oxygens (including phenoxy) is 2. The van der Waals surface area contributed by atoms with Crippen LogP contribution in [0.15, 0.2) is 18.2 Å². The van der Waals surface area contributed by atoms with Crippen molar-refractivity contribution in [2.75, 3.05) is 13.2 Å². The van der Waals surface area contributed by atoms with Crippen molar-refractivity contribution < 1.29 is 19.7 Å². The number of aromatic hydroxyl groups is 2. The minimum Gasteiger partial charge on any atom is -0.504 e. The van der Waals surface area contributed by atoms with Gasteiger partial charge in [0, 0.05) is 25.2 Å². The molecule has 0 heterocycles. The summed E-state index contributed by atoms with van der Waals surface area (Å²) in [7, 11) is 0. The van der Waals surface area contributed by atoms with Gasteiger partial charge in [0.15, 0.2) is 17.8 Å². The molecule has 0 aliphatic rings. The first-order chi connectivity index (χ1) is 13.7. The summed E-state index contributed by atoms with van der Waals surface area (Å²) < 4.78 is 12.0. The Morgan fingerprint density at radius 2 is 1.21 bits per heavy atom. The van der Waals surface area contributed by atoms with Crippen LogP contribution >= 0.6 is 0 Å². The molecule has 0 saturated carbocycles. The highest BCUT2D eigenvalue weighted by Crippen LogP contribution is 2.29. The predicted molar refractivity (Wildman–Crippen MR) is 116 cm³/mol. The average molecular weight is 395 g/mol. The second-order valence-corrected chi connectivity index (χ2v) is 7.70. The Morgan fingerprint density at radius 3 is 1.75 bits per heavy atom. The first-order valence-electron chi connectivity index (χ1n) is 11.4. The third kappa shape index (κ3) is 11.6. The lowest BCUT2D eigenvalue weighted by Crippen LogP contribution is -2.21. The molecule has 0 spiro atoms. The molecule has 2 N–H and O–H groups in total. The van der Waals surface area contributed by atoms with Gasteiger partial charge in [0.25, 0.3) is 0 Å². The third-order valence-electron chi connectivity index (χ3n) is 5.09. The van der Waals surface area contributed by atoms with Crippen molar-refractivity contribution in [3.8, 4) is 11.5 Å². The maximum Gasteiger partial charge on any atom is 0.161 e. The normalized spacial score (nSPS) is 11.4. The largest absolute Gasteiger partial charge is 0.504 e. The van der Waals surface area contributed by atoms with Crippen molar-refractivity contribution in [1.82, 2.24) is 0 Å². The van der Waals surface area contributed by atoms with Crippen molar-refractivity contribution in [3.63, 3.8) is 0 Å². The van der Waals surface area contributed by atoms with Crippen LogP contribution in [0.5, 0.6) is 11.5 Å². The van der Waals surface area contributed by atoms with Crippen molar-refractivity contribution in [2.45, 2.75) is 104 Å². The van der Waals surface area contributed by atoms with E-state index in [0.717, 1.165) is 12.8 Å². The zero-order valence-electron chi connectivity index (χ0n) is 18.1. The quantitative estimate of drug-likeness (QED) is 0.165. The van der Waals surface area contributed by atoms with E-state index in [2.05, 4.69) is 13.8 Å². The van der Waals surface area contributed by atoms with Gasteiger partial charge in [-0.15, -0.1) is 0 Å². The summed E-state index contributed by atoms with van der Waals surface area (Å²) in [4.78, 5) is 0. The molecule has 1 aromatic rings. The maximum absolute atomic E-state index is 10.1. The minimum atomic E-state index is -0.376. The number of hydrogen-bond acceptors (Lipinski definition) is 4. The first-order valence-corrected chi connectivity index (χ1v) is 11.4. The molecule has 0 aromatic heterocycles. The van der Waals surface area contributed by atoms with Gasteiger partial charge in [-0.1, -0.05) is 90.2 Å². The van der Waals surface area contributed by atoms with Gasteiger partial charge < -0.3 is 19.7 Å². The van der Waals surface area contributed by atoms with Crippen molar-refractivity contribution in [2.24, 2.45) is 0 Å². The summed E-state index contributed by atoms with van der Waals surface area (Å²) in [5.41, 5.74) is 0.663. The van der Waals surface area contributed by atoms with Gasteiger partial charge in [-0.2, -0.15) is 0 Å². The van der Waals surface area contributed by atoms with Crippen LogP contribution in [0, 0.1) is 0 Å². The molecule has 0 bridgehead atoms. The van der Waals surface area contributed by atoms with Gasteiger partial charge in [-0.05, 0) is 18.9 Å². The molecule has 0 aliphatic carbocycles. The summed E-state index contributed by atoms with van der Waals surface area (Å²) in [6.45, 7) is 5.80. The van der Waals surface area contributed by atoms with Crippen LogP contribution in [0.4, 0.5) is 0 Å². The van der Waals surface area contributed by atoms with Gasteiger partial charge >= 0.3 is 0 Å². The van der Waals surface area contributed by atoms with E-state index < -0.39 is 0 Å². The summed E-state index contributed by atoms with van der Waals surface area (Å²) in [6.07, 6.45) is 14.8. The summed E-state index contributed by atoms with van der Waals surface area (Å²) in [5.74, 6) is -0.165. The van der Waals surface area contributed by atoms with Crippen LogP contribution in [-0.4, -0.2) is 29.7 Å². The Kier molecular flexibility index (Phi) is 14.8. The average Bonchev–Trinajstić information content (AvgIpc) is 2.69. The van der Waals surface area contributed by atoms with Gasteiger partial charge in [0.2, 0.25) is 0 Å². The number of benzene rings is 1. The molecule has 162 valence electrons. The van der Waals surface area contributed by atoms with E-state index in [-0.39, 0.29) is 17.8 Å². The van der Waals surface area contributed by atoms with E-state index >= 15 is 0 Å². The fourth-order valence-electron chi connectivity index (χ4n) is 3.28. The standard InChI is InChI=1S/C24H42O4/c1-3-5-7-9-11-13-18-27-23(28-19-14-12-10-8-6-4-2)20-21-16-15-17-22(25)24(21)26/h15-17,23,25-26H,3-14,18-20H2,1-2H3. The zero-order chi connectivity index (χ0) is 20.5. The van der Waals surface area contributed by atoms with E-state index in [1.807, 2.05) is 6.07 Å². The van der Waals surface area contributed by atoms with Crippen LogP contribution in [0.1, 0.15) is 96.5 Å². The highest BCUT2D eigenvalue weighted by molar-refractivity contribution is 5.44. The molecule has 4 nitrogen and oxygen atoms in total. The Labute approximate surface area is 172 Å². The van der Waals surface area contributed by atoms with Crippen molar-refractivity contribution >= 4 is 0 Å². The molecule has 0 atom stereocenters. The second kappa shape index (κ2) is 16.7. The third-order valence-corrected chi connectivity index (χ3v) is 5.09. The van der Waals surface area contributed by atoms with Crippen LogP contribution in [0.25, 0.3) is 0 Å². The van der Waals surface area contributed by atoms with E-state index in [0.29, 0.717) is 25.2 Å². The Hall–Kier alpha value is -1.26. The van der Waals surface area contributed by atoms with Crippen molar-refractivity contribution in [1.29, 1.82) is 0 Å². The Bertz CT molecular complexity index is 471. The van der Waals surface area contributed by atoms with Crippen molar-refractivity contribution in [3.05, 3.63) is 23.8 Å². The van der Waals surface area contributed by atoms with E-state index in [9.17, 15) is 10.2 Å². The molecule has 0 amide bonds. The number of phenolic OH excluding ortho intramolecular Hbond substituents is 2. The van der Waals surface area contributed by atoms with E-state index in [1.54, 1.807) is 6.07 Å². The Balaban J connectivity index is 2.37. The molecule has 0 fully saturated rings. The molecule has 1 aromatic carbocycles. The molecule has 0 unspecified atom stereocenters. The molecule has 28 heavy (non-hydrogen) atoms. The topological polar surface area (TPSA) is 58.9 Å². The van der Waals surface area contributed by atoms with E-state index in [4.69, 9.17) is 9.47 Å². The maximum atomic E-state index is 10.1. The minimum absolute atomic E-state index is 0.0705. The van der Waals surface area contributed by atoms with Gasteiger partial charge in [-0.25, -0.2) is 0 Å². The summed E-state index contributed by atoms with van der Waals surface area (Å²) in [6, 6.07) is 5.04. The lowest BCUT2D eigenvalue weighted by molar-refractivity contribution is -0.142. The van der Waals surface area contributed by atoms with Crippen LogP contribution in [-0.2, 0) is 15.9 Å². The number of phenols is 2. The van der Waals surface area contributed by atoms with Gasteiger partial charge in [0.1, 0.15) is 0 Å². The fourth-order valence-corrected chi connectivity index (χ4v) is 3.28. The van der Waals surface area contributed by atoms with Crippen LogP contribution in [0.2, 0.25) is 0 Å². The number of rotatable bonds is 18. The summed E-state index contributed by atoms with van der Waals surface area (Å²) in [5, 5.41) is 19.8. The number of para-hydroxylation sites is 1. The van der Waals surface area contributed by atoms with Gasteiger partial charge in [-0.3, -0.25) is 0 Å². The predicted octanol–water partition coefficient (Wildman–Crippen LogP) is 6.72. The molecule has 0 aliphatic heterocycles. The molecule has 0 radical (unpaired) electrons. The molecule has 1 rings (SSSR count). The SMILES string of the molecule is CCCCCCCCOC(Cc1cccc(O)c1O)OCCCCCCCC. The zero-order valence-corrected chi connectivity index (χ0v) is 18.1. The molecular weight excluding hydrogens is 352 g/mol. The highest BCUT2D eigenvalue weighted by atomic mass is 16.7. The molecular formula is C24H42O4. The smallest absolute Gasteiger partial charge is 0.161 e. The van der Waals surface area contributed by atoms with E-state index in [1.165, 1.54) is 70.3 Å². The van der Waals surface area contributed by atoms with Gasteiger partial charge in [0.05, 0.1) is 0 Å². The van der Waals surface area contributed by atoms with Crippen LogP contribution in [0.3, 0.4) is 0 Å². The lowest BCUT2D eigenvalue weighted by atomic mass is 10.1. The fraction of sp³-hybridized carbons (Fsp3) is 0.750. The molecule has 4 heteroatoms. The molecule has 0 saturated heterocycles. The number of hydrogen-bond donors (Lipinski definition) is 2. The monoisotopic (exact) mass is 394 g/mol.